The fourth-order valence-electron chi connectivity index (χ4n) is 2.68. The predicted octanol–water partition coefficient (Wildman–Crippen LogP) is 1.49. The van der Waals surface area contributed by atoms with Gasteiger partial charge in [0.2, 0.25) is 5.91 Å². The Kier molecular flexibility index (Phi) is 5.05. The van der Waals surface area contributed by atoms with E-state index in [9.17, 15) is 4.79 Å². The normalized spacial score (nSPS) is 14.7. The lowest BCUT2D eigenvalue weighted by atomic mass is 10.1. The van der Waals surface area contributed by atoms with Gasteiger partial charge in [-0.15, -0.1) is 0 Å². The largest absolute Gasteiger partial charge is 0.378 e. The lowest BCUT2D eigenvalue weighted by Crippen LogP contribution is -2.36. The van der Waals surface area contributed by atoms with Crippen LogP contribution in [0, 0.1) is 13.8 Å². The van der Waals surface area contributed by atoms with E-state index in [2.05, 4.69) is 25.3 Å². The van der Waals surface area contributed by atoms with Crippen LogP contribution >= 0.6 is 0 Å². The number of rotatable bonds is 5. The first kappa shape index (κ1) is 16.4. The van der Waals surface area contributed by atoms with Crippen molar-refractivity contribution in [1.82, 2.24) is 15.1 Å². The molecule has 1 amide bonds. The number of hydrogen-bond donors (Lipinski definition) is 1. The van der Waals surface area contributed by atoms with Gasteiger partial charge in [-0.05, 0) is 20.3 Å². The summed E-state index contributed by atoms with van der Waals surface area (Å²) in [7, 11) is 0. The van der Waals surface area contributed by atoms with E-state index in [4.69, 9.17) is 9.26 Å². The molecule has 2 aromatic rings. The topological polar surface area (TPSA) is 93.4 Å². The van der Waals surface area contributed by atoms with Gasteiger partial charge in [0, 0.05) is 31.1 Å². The molecule has 3 rings (SSSR count). The minimum Gasteiger partial charge on any atom is -0.378 e. The van der Waals surface area contributed by atoms with Crippen LogP contribution in [0.4, 0.5) is 11.6 Å². The fraction of sp³-hybridized carbons (Fsp3) is 0.500. The number of nitrogens with one attached hydrogen (secondary N) is 1. The van der Waals surface area contributed by atoms with Crippen molar-refractivity contribution in [2.75, 3.05) is 36.5 Å². The number of amides is 1. The number of hydrogen-bond acceptors (Lipinski definition) is 7. The number of aryl methyl sites for hydroxylation is 2. The van der Waals surface area contributed by atoms with Crippen LogP contribution in [0.5, 0.6) is 0 Å². The van der Waals surface area contributed by atoms with E-state index in [1.54, 1.807) is 6.07 Å². The molecule has 24 heavy (non-hydrogen) atoms. The number of aromatic nitrogens is 3. The molecule has 1 saturated heterocycles. The van der Waals surface area contributed by atoms with Crippen molar-refractivity contribution >= 4 is 17.5 Å². The zero-order chi connectivity index (χ0) is 16.9. The third kappa shape index (κ3) is 3.88. The van der Waals surface area contributed by atoms with Gasteiger partial charge < -0.3 is 19.5 Å². The van der Waals surface area contributed by atoms with E-state index >= 15 is 0 Å². The summed E-state index contributed by atoms with van der Waals surface area (Å²) in [4.78, 5) is 22.7. The van der Waals surface area contributed by atoms with Gasteiger partial charge >= 0.3 is 0 Å². The predicted molar refractivity (Wildman–Crippen MR) is 88.0 cm³/mol. The molecule has 8 nitrogen and oxygen atoms in total. The molecule has 8 heteroatoms. The van der Waals surface area contributed by atoms with Crippen LogP contribution in [0.3, 0.4) is 0 Å². The summed E-state index contributed by atoms with van der Waals surface area (Å²) < 4.78 is 10.4. The van der Waals surface area contributed by atoms with Crippen LogP contribution in [0.1, 0.15) is 23.4 Å². The number of nitrogens with zero attached hydrogens (tertiary/aromatic N) is 4. The Bertz CT molecular complexity index is 690. The van der Waals surface area contributed by atoms with Gasteiger partial charge in [0.05, 0.1) is 18.9 Å². The van der Waals surface area contributed by atoms with E-state index in [1.165, 1.54) is 6.33 Å². The molecule has 0 unspecified atom stereocenters. The minimum absolute atomic E-state index is 0.0957. The molecule has 0 aromatic carbocycles. The molecule has 1 N–H and O–H groups in total. The smallest absolute Gasteiger partial charge is 0.225 e. The highest BCUT2D eigenvalue weighted by Gasteiger charge is 2.15. The molecule has 0 aliphatic carbocycles. The Morgan fingerprint density at radius 1 is 1.29 bits per heavy atom. The molecule has 0 atom stereocenters. The quantitative estimate of drug-likeness (QED) is 0.887. The SMILES string of the molecule is Cc1noc(C)c1CCC(=O)Nc1cc(N2CCOCC2)ncn1. The number of carbonyl (C=O) groups is 1. The first-order valence-corrected chi connectivity index (χ1v) is 8.00. The molecule has 1 aliphatic rings. The van der Waals surface area contributed by atoms with Crippen molar-refractivity contribution in [2.24, 2.45) is 0 Å². The second-order valence-electron chi connectivity index (χ2n) is 5.71. The third-order valence-electron chi connectivity index (χ3n) is 4.04. The lowest BCUT2D eigenvalue weighted by Gasteiger charge is -2.27. The summed E-state index contributed by atoms with van der Waals surface area (Å²) in [6, 6.07) is 1.79. The van der Waals surface area contributed by atoms with Crippen LogP contribution in [-0.4, -0.2) is 47.3 Å². The summed E-state index contributed by atoms with van der Waals surface area (Å²) >= 11 is 0. The molecule has 0 spiro atoms. The Labute approximate surface area is 140 Å². The maximum Gasteiger partial charge on any atom is 0.225 e. The molecule has 3 heterocycles. The van der Waals surface area contributed by atoms with Crippen LogP contribution in [0.2, 0.25) is 0 Å². The second kappa shape index (κ2) is 7.39. The van der Waals surface area contributed by atoms with Crippen LogP contribution < -0.4 is 10.2 Å². The van der Waals surface area contributed by atoms with Crippen molar-refractivity contribution in [3.8, 4) is 0 Å². The monoisotopic (exact) mass is 331 g/mol. The van der Waals surface area contributed by atoms with Crippen molar-refractivity contribution in [3.05, 3.63) is 29.4 Å². The average Bonchev–Trinajstić information content (AvgIpc) is 2.92. The molecule has 1 aliphatic heterocycles. The molecule has 1 fully saturated rings. The second-order valence-corrected chi connectivity index (χ2v) is 5.71. The summed E-state index contributed by atoms with van der Waals surface area (Å²) in [5, 5.41) is 6.72. The van der Waals surface area contributed by atoms with Crippen LogP contribution in [0.25, 0.3) is 0 Å². The van der Waals surface area contributed by atoms with E-state index < -0.39 is 0 Å². The van der Waals surface area contributed by atoms with E-state index in [0.29, 0.717) is 31.9 Å². The highest BCUT2D eigenvalue weighted by molar-refractivity contribution is 5.90. The van der Waals surface area contributed by atoms with Crippen molar-refractivity contribution in [3.63, 3.8) is 0 Å². The number of anilines is 2. The average molecular weight is 331 g/mol. The Morgan fingerprint density at radius 2 is 2.08 bits per heavy atom. The van der Waals surface area contributed by atoms with Gasteiger partial charge in [0.1, 0.15) is 23.7 Å². The van der Waals surface area contributed by atoms with E-state index in [-0.39, 0.29) is 5.91 Å². The zero-order valence-electron chi connectivity index (χ0n) is 13.9. The van der Waals surface area contributed by atoms with Gasteiger partial charge in [0.15, 0.2) is 0 Å². The van der Waals surface area contributed by atoms with Gasteiger partial charge in [-0.2, -0.15) is 0 Å². The van der Waals surface area contributed by atoms with E-state index in [0.717, 1.165) is 35.9 Å². The van der Waals surface area contributed by atoms with Gasteiger partial charge in [0.25, 0.3) is 0 Å². The Hall–Kier alpha value is -2.48. The van der Waals surface area contributed by atoms with E-state index in [1.807, 2.05) is 13.8 Å². The molecular weight excluding hydrogens is 310 g/mol. The van der Waals surface area contributed by atoms with Crippen LogP contribution in [-0.2, 0) is 16.0 Å². The standard InChI is InChI=1S/C16H21N5O3/c1-11-13(12(2)24-20-11)3-4-16(22)19-14-9-15(18-10-17-14)21-5-7-23-8-6-21/h9-10H,3-8H2,1-2H3,(H,17,18,19,22). The third-order valence-corrected chi connectivity index (χ3v) is 4.04. The Morgan fingerprint density at radius 3 is 2.79 bits per heavy atom. The number of ether oxygens (including phenoxy) is 1. The number of morpholine rings is 1. The molecular formula is C16H21N5O3. The van der Waals surface area contributed by atoms with Crippen LogP contribution in [0.15, 0.2) is 16.9 Å². The van der Waals surface area contributed by atoms with Gasteiger partial charge in [-0.1, -0.05) is 5.16 Å². The number of carbonyl (C=O) groups excluding carboxylic acids is 1. The van der Waals surface area contributed by atoms with Gasteiger partial charge in [-0.25, -0.2) is 9.97 Å². The summed E-state index contributed by atoms with van der Waals surface area (Å²) in [5.74, 6) is 1.98. The molecule has 0 bridgehead atoms. The maximum absolute atomic E-state index is 12.2. The zero-order valence-corrected chi connectivity index (χ0v) is 13.9. The Balaban J connectivity index is 1.58. The first-order chi connectivity index (χ1) is 11.6. The van der Waals surface area contributed by atoms with Gasteiger partial charge in [-0.3, -0.25) is 4.79 Å². The molecule has 0 radical (unpaired) electrons. The summed E-state index contributed by atoms with van der Waals surface area (Å²) in [6.45, 7) is 6.67. The van der Waals surface area contributed by atoms with Crippen molar-refractivity contribution in [1.29, 1.82) is 0 Å². The van der Waals surface area contributed by atoms with Crippen molar-refractivity contribution < 1.29 is 14.1 Å². The molecule has 0 saturated carbocycles. The van der Waals surface area contributed by atoms with Crippen molar-refractivity contribution in [2.45, 2.75) is 26.7 Å². The molecule has 128 valence electrons. The first-order valence-electron chi connectivity index (χ1n) is 8.00. The highest BCUT2D eigenvalue weighted by Crippen LogP contribution is 2.17. The summed E-state index contributed by atoms with van der Waals surface area (Å²) in [6.07, 6.45) is 2.41. The molecule has 2 aromatic heterocycles. The fourth-order valence-corrected chi connectivity index (χ4v) is 2.68. The summed E-state index contributed by atoms with van der Waals surface area (Å²) in [5.41, 5.74) is 1.82. The lowest BCUT2D eigenvalue weighted by molar-refractivity contribution is -0.116. The maximum atomic E-state index is 12.2. The highest BCUT2D eigenvalue weighted by atomic mass is 16.5. The minimum atomic E-state index is -0.0957.